The summed E-state index contributed by atoms with van der Waals surface area (Å²) in [5.74, 6) is -0.233. The van der Waals surface area contributed by atoms with Crippen molar-refractivity contribution in [3.63, 3.8) is 0 Å². The van der Waals surface area contributed by atoms with Gasteiger partial charge in [-0.1, -0.05) is 12.8 Å². The summed E-state index contributed by atoms with van der Waals surface area (Å²) in [6.45, 7) is 4.41. The minimum absolute atomic E-state index is 0.106. The van der Waals surface area contributed by atoms with Crippen LogP contribution in [0.4, 0.5) is 5.69 Å². The van der Waals surface area contributed by atoms with Crippen molar-refractivity contribution in [2.75, 3.05) is 11.9 Å². The quantitative estimate of drug-likeness (QED) is 0.522. The van der Waals surface area contributed by atoms with Gasteiger partial charge in [0.15, 0.2) is 5.65 Å². The van der Waals surface area contributed by atoms with Gasteiger partial charge < -0.3 is 15.7 Å². The van der Waals surface area contributed by atoms with Crippen LogP contribution < -0.4 is 10.6 Å². The van der Waals surface area contributed by atoms with E-state index in [1.54, 1.807) is 23.0 Å². The molecule has 1 saturated carbocycles. The first-order valence-electron chi connectivity index (χ1n) is 10.9. The number of carbonyl (C=O) groups is 1. The molecule has 0 unspecified atom stereocenters. The number of nitriles is 1. The first-order chi connectivity index (χ1) is 15.4. The summed E-state index contributed by atoms with van der Waals surface area (Å²) in [7, 11) is 0. The van der Waals surface area contributed by atoms with Gasteiger partial charge >= 0.3 is 0 Å². The van der Waals surface area contributed by atoms with Crippen molar-refractivity contribution in [3.05, 3.63) is 41.9 Å². The fourth-order valence-electron chi connectivity index (χ4n) is 4.11. The molecule has 1 amide bonds. The number of hydrogen-bond donors (Lipinski definition) is 3. The van der Waals surface area contributed by atoms with E-state index < -0.39 is 5.60 Å². The third kappa shape index (κ3) is 4.55. The molecular weight excluding hydrogens is 406 g/mol. The topological polar surface area (TPSA) is 128 Å². The van der Waals surface area contributed by atoms with Crippen molar-refractivity contribution in [3.8, 4) is 17.5 Å². The highest BCUT2D eigenvalue weighted by atomic mass is 16.3. The van der Waals surface area contributed by atoms with Gasteiger partial charge in [0.2, 0.25) is 0 Å². The summed E-state index contributed by atoms with van der Waals surface area (Å²) in [6.07, 6.45) is 8.88. The molecule has 0 aromatic carbocycles. The summed E-state index contributed by atoms with van der Waals surface area (Å²) >= 11 is 0. The maximum absolute atomic E-state index is 12.9. The van der Waals surface area contributed by atoms with Gasteiger partial charge in [-0.2, -0.15) is 10.4 Å². The number of anilines is 1. The molecule has 0 bridgehead atoms. The van der Waals surface area contributed by atoms with Gasteiger partial charge in [-0.15, -0.1) is 0 Å². The SMILES string of the molecule is CC(C)Nc1cc(-c2cnc3cc(C#N)cnn23)ncc1C(=O)NCCC1(O)CCCC1. The first-order valence-corrected chi connectivity index (χ1v) is 10.9. The summed E-state index contributed by atoms with van der Waals surface area (Å²) in [4.78, 5) is 21.7. The predicted octanol–water partition coefficient (Wildman–Crippen LogP) is 2.91. The van der Waals surface area contributed by atoms with Gasteiger partial charge in [-0.25, -0.2) is 9.50 Å². The van der Waals surface area contributed by atoms with E-state index in [2.05, 4.69) is 31.8 Å². The maximum Gasteiger partial charge on any atom is 0.254 e. The summed E-state index contributed by atoms with van der Waals surface area (Å²) in [6, 6.07) is 5.62. The van der Waals surface area contributed by atoms with E-state index in [4.69, 9.17) is 5.26 Å². The molecule has 9 heteroatoms. The van der Waals surface area contributed by atoms with Gasteiger partial charge in [-0.3, -0.25) is 9.78 Å². The Kier molecular flexibility index (Phi) is 6.06. The molecule has 0 saturated heterocycles. The molecule has 0 aliphatic heterocycles. The van der Waals surface area contributed by atoms with Crippen LogP contribution >= 0.6 is 0 Å². The van der Waals surface area contributed by atoms with Crippen molar-refractivity contribution in [2.45, 2.75) is 57.6 Å². The number of nitrogens with one attached hydrogen (secondary N) is 2. The largest absolute Gasteiger partial charge is 0.390 e. The van der Waals surface area contributed by atoms with Crippen LogP contribution in [0.1, 0.15) is 61.9 Å². The summed E-state index contributed by atoms with van der Waals surface area (Å²) in [5, 5.41) is 30.1. The Morgan fingerprint density at radius 2 is 2.03 bits per heavy atom. The zero-order valence-electron chi connectivity index (χ0n) is 18.3. The molecule has 166 valence electrons. The average Bonchev–Trinajstić information content (AvgIpc) is 3.39. The fraction of sp³-hybridized carbons (Fsp3) is 0.435. The molecule has 9 nitrogen and oxygen atoms in total. The highest BCUT2D eigenvalue weighted by Gasteiger charge is 2.30. The second kappa shape index (κ2) is 8.93. The van der Waals surface area contributed by atoms with E-state index in [0.29, 0.717) is 46.8 Å². The zero-order chi connectivity index (χ0) is 22.7. The lowest BCUT2D eigenvalue weighted by molar-refractivity contribution is 0.0389. The highest BCUT2D eigenvalue weighted by Crippen LogP contribution is 2.32. The van der Waals surface area contributed by atoms with Crippen molar-refractivity contribution >= 4 is 17.2 Å². The molecule has 1 aliphatic rings. The Bertz CT molecular complexity index is 1170. The van der Waals surface area contributed by atoms with Crippen LogP contribution in [-0.4, -0.2) is 48.8 Å². The monoisotopic (exact) mass is 433 g/mol. The van der Waals surface area contributed by atoms with E-state index in [1.807, 2.05) is 19.9 Å². The van der Waals surface area contributed by atoms with Crippen LogP contribution in [0.3, 0.4) is 0 Å². The molecule has 32 heavy (non-hydrogen) atoms. The molecule has 0 radical (unpaired) electrons. The number of amides is 1. The van der Waals surface area contributed by atoms with Crippen LogP contribution in [-0.2, 0) is 0 Å². The number of fused-ring (bicyclic) bond motifs is 1. The van der Waals surface area contributed by atoms with Gasteiger partial charge in [-0.05, 0) is 39.2 Å². The van der Waals surface area contributed by atoms with Gasteiger partial charge in [0, 0.05) is 24.8 Å². The molecule has 1 fully saturated rings. The minimum atomic E-state index is -0.657. The zero-order valence-corrected chi connectivity index (χ0v) is 18.3. The van der Waals surface area contributed by atoms with E-state index in [0.717, 1.165) is 25.7 Å². The molecule has 3 aromatic heterocycles. The number of rotatable bonds is 7. The third-order valence-electron chi connectivity index (χ3n) is 5.76. The lowest BCUT2D eigenvalue weighted by Gasteiger charge is -2.22. The van der Waals surface area contributed by atoms with E-state index in [9.17, 15) is 9.90 Å². The van der Waals surface area contributed by atoms with Crippen LogP contribution in [0.25, 0.3) is 17.0 Å². The molecule has 1 aliphatic carbocycles. The van der Waals surface area contributed by atoms with Crippen LogP contribution in [0.5, 0.6) is 0 Å². The van der Waals surface area contributed by atoms with E-state index >= 15 is 0 Å². The van der Waals surface area contributed by atoms with Crippen molar-refractivity contribution in [2.24, 2.45) is 0 Å². The molecule has 4 rings (SSSR count). The van der Waals surface area contributed by atoms with Gasteiger partial charge in [0.05, 0.1) is 40.5 Å². The smallest absolute Gasteiger partial charge is 0.254 e. The normalized spacial score (nSPS) is 15.1. The fourth-order valence-corrected chi connectivity index (χ4v) is 4.11. The number of pyridine rings is 1. The van der Waals surface area contributed by atoms with Crippen molar-refractivity contribution < 1.29 is 9.90 Å². The number of imidazole rings is 1. The second-order valence-electron chi connectivity index (χ2n) is 8.62. The Morgan fingerprint density at radius 1 is 1.25 bits per heavy atom. The maximum atomic E-state index is 12.9. The molecular formula is C23H27N7O2. The molecule has 0 spiro atoms. The molecule has 0 atom stereocenters. The third-order valence-corrected chi connectivity index (χ3v) is 5.76. The standard InChI is InChI=1S/C23H27N7O2/c1-15(2)29-18-10-19(20-14-27-21-9-16(11-24)12-28-30(20)21)26-13-17(18)22(31)25-8-7-23(32)5-3-4-6-23/h9-10,12-15,32H,3-8H2,1-2H3,(H,25,31)(H,26,29). The van der Waals surface area contributed by atoms with E-state index in [-0.39, 0.29) is 11.9 Å². The van der Waals surface area contributed by atoms with Crippen molar-refractivity contribution in [1.82, 2.24) is 24.9 Å². The highest BCUT2D eigenvalue weighted by molar-refractivity contribution is 5.99. The Labute approximate surface area is 186 Å². The number of aliphatic hydroxyl groups is 1. The average molecular weight is 434 g/mol. The Balaban J connectivity index is 1.58. The molecule has 3 aromatic rings. The predicted molar refractivity (Wildman–Crippen MR) is 120 cm³/mol. The lowest BCUT2D eigenvalue weighted by Crippen LogP contribution is -2.33. The minimum Gasteiger partial charge on any atom is -0.390 e. The van der Waals surface area contributed by atoms with E-state index in [1.165, 1.54) is 6.20 Å². The van der Waals surface area contributed by atoms with Crippen molar-refractivity contribution in [1.29, 1.82) is 5.26 Å². The van der Waals surface area contributed by atoms with Gasteiger partial charge in [0.25, 0.3) is 5.91 Å². The summed E-state index contributed by atoms with van der Waals surface area (Å²) < 4.78 is 1.62. The number of aromatic nitrogens is 4. The number of hydrogen-bond acceptors (Lipinski definition) is 7. The Morgan fingerprint density at radius 3 is 2.75 bits per heavy atom. The molecule has 3 N–H and O–H groups in total. The number of carbonyl (C=O) groups excluding carboxylic acids is 1. The van der Waals surface area contributed by atoms with Crippen LogP contribution in [0.2, 0.25) is 0 Å². The molecule has 3 heterocycles. The second-order valence-corrected chi connectivity index (χ2v) is 8.62. The Hall–Kier alpha value is -3.51. The van der Waals surface area contributed by atoms with Crippen LogP contribution in [0, 0.1) is 11.3 Å². The van der Waals surface area contributed by atoms with Crippen LogP contribution in [0.15, 0.2) is 30.7 Å². The lowest BCUT2D eigenvalue weighted by atomic mass is 9.98. The number of nitrogens with zero attached hydrogens (tertiary/aromatic N) is 5. The first kappa shape index (κ1) is 21.7. The van der Waals surface area contributed by atoms with Gasteiger partial charge in [0.1, 0.15) is 11.8 Å². The summed E-state index contributed by atoms with van der Waals surface area (Å²) in [5.41, 5.74) is 2.68.